The lowest BCUT2D eigenvalue weighted by atomic mass is 9.96. The third-order valence-electron chi connectivity index (χ3n) is 13.6. The number of esters is 2. The number of carboxylic acid groups (broad SMARTS) is 1. The zero-order chi connectivity index (χ0) is 69.9. The zero-order valence-corrected chi connectivity index (χ0v) is 58.6. The van der Waals surface area contributed by atoms with Crippen LogP contribution in [-0.2, 0) is 73.8 Å². The summed E-state index contributed by atoms with van der Waals surface area (Å²) in [4.78, 5) is 97.3. The molecule has 0 heterocycles. The minimum Gasteiger partial charge on any atom is -0.480 e. The van der Waals surface area contributed by atoms with E-state index in [1.807, 2.05) is 130 Å². The number of carboxylic acids is 1. The lowest BCUT2D eigenvalue weighted by Crippen LogP contribution is -2.54. The molecule has 5 amide bonds. The maximum Gasteiger partial charge on any atom is 0.408 e. The molecule has 6 N–H and O–H groups in total. The van der Waals surface area contributed by atoms with Crippen LogP contribution >= 0.6 is 0 Å². The Kier molecular flexibility index (Phi) is 41.2. The number of carbonyl (C=O) groups is 8. The number of hydrogen-bond donors (Lipinski definition) is 6. The van der Waals surface area contributed by atoms with Crippen molar-refractivity contribution in [2.45, 2.75) is 236 Å². The molecule has 0 aliphatic rings. The van der Waals surface area contributed by atoms with Crippen LogP contribution in [0.3, 0.4) is 0 Å². The van der Waals surface area contributed by atoms with E-state index in [2.05, 4.69) is 67.8 Å². The van der Waals surface area contributed by atoms with Crippen LogP contribution in [0.5, 0.6) is 0 Å². The average molecular weight is 1290 g/mol. The van der Waals surface area contributed by atoms with Crippen molar-refractivity contribution in [2.24, 2.45) is 11.8 Å². The Morgan fingerprint density at radius 2 is 0.817 bits per heavy atom. The van der Waals surface area contributed by atoms with E-state index in [1.54, 1.807) is 48.5 Å². The molecule has 0 bridgehead atoms. The van der Waals surface area contributed by atoms with Gasteiger partial charge in [-0.15, -0.1) is 6.58 Å². The zero-order valence-electron chi connectivity index (χ0n) is 58.6. The van der Waals surface area contributed by atoms with E-state index in [1.165, 1.54) is 36.0 Å². The molecule has 0 aliphatic carbocycles. The van der Waals surface area contributed by atoms with Crippen LogP contribution in [0.15, 0.2) is 121 Å². The highest BCUT2D eigenvalue weighted by Gasteiger charge is 2.28. The molecule has 0 radical (unpaired) electrons. The summed E-state index contributed by atoms with van der Waals surface area (Å²) in [5, 5.41) is 22.4. The van der Waals surface area contributed by atoms with E-state index in [0.29, 0.717) is 50.7 Å². The smallest absolute Gasteiger partial charge is 0.408 e. The number of nitrogens with one attached hydrogen (secondary N) is 5. The van der Waals surface area contributed by atoms with E-state index >= 15 is 0 Å². The van der Waals surface area contributed by atoms with Crippen LogP contribution in [0.25, 0.3) is 0 Å². The van der Waals surface area contributed by atoms with Crippen molar-refractivity contribution in [3.63, 3.8) is 0 Å². The Balaban J connectivity index is 0.000000747. The van der Waals surface area contributed by atoms with Gasteiger partial charge in [0.05, 0.1) is 11.8 Å². The van der Waals surface area contributed by atoms with Gasteiger partial charge in [-0.25, -0.2) is 14.4 Å². The van der Waals surface area contributed by atoms with Crippen LogP contribution < -0.4 is 26.6 Å². The number of aliphatic carboxylic acids is 1. The van der Waals surface area contributed by atoms with Gasteiger partial charge in [0.15, 0.2) is 0 Å². The van der Waals surface area contributed by atoms with E-state index in [4.69, 9.17) is 18.9 Å². The first-order chi connectivity index (χ1) is 43.8. The summed E-state index contributed by atoms with van der Waals surface area (Å²) in [6.07, 6.45) is 10.1. The summed E-state index contributed by atoms with van der Waals surface area (Å²) >= 11 is 0. The molecule has 0 aliphatic heterocycles. The minimum atomic E-state index is -1.28. The monoisotopic (exact) mass is 1290 g/mol. The molecule has 93 heavy (non-hydrogen) atoms. The maximum atomic E-state index is 13.0. The number of alkyl carbamates (subject to hydrolysis) is 2. The fraction of sp³-hybridized carbons (Fsp3) is 0.547. The fourth-order valence-electron chi connectivity index (χ4n) is 8.73. The maximum absolute atomic E-state index is 13.0. The first kappa shape index (κ1) is 83.0. The van der Waals surface area contributed by atoms with Crippen molar-refractivity contribution in [1.82, 2.24) is 26.6 Å². The molecule has 18 nitrogen and oxygen atoms in total. The van der Waals surface area contributed by atoms with Gasteiger partial charge in [0.25, 0.3) is 0 Å². The molecule has 0 fully saturated rings. The molecule has 4 aromatic rings. The van der Waals surface area contributed by atoms with Gasteiger partial charge in [0.1, 0.15) is 36.5 Å². The van der Waals surface area contributed by atoms with Crippen LogP contribution in [0.1, 0.15) is 220 Å². The number of unbranched alkanes of at least 4 members (excludes halogenated alkanes) is 7. The predicted molar refractivity (Wildman–Crippen MR) is 369 cm³/mol. The molecule has 4 rings (SSSR count). The highest BCUT2D eigenvalue weighted by atomic mass is 16.6. The standard InChI is InChI=1S/C35H51N3O6.C21H32N2O5.C15H22O2.C4H8/c1-25(2)22-27-17-19-29(20-18-27)26(3)32(40)37-23-30(38-34(42)44-35(4,5)6)33(41)36-21-13-8-7-12-16-31(39)43-24-28-14-10-9-11-15-28;1-13(2)11-15-7-9-16(10-8-15)14(3)18(24)22-12-17(19(25)26)23-20(27)28-21(4,5)6;1-2-3-4-5-9-12-15(16)17-13-14-10-7-6-8-11-14;1-4(2)3/h9-11,14-15,17-20,25-26,30H,7-8,12-13,16,21-24H2,1-6H3,(H,36,41)(H,37,40)(H,38,42);7-10,13-14,17H,11-12H2,1-6H3,(H,22,24)(H,23,27)(H,25,26);6-8,10-11H,2-5,9,12-13H2,1H3;1H2,2-3H3/t26-,30+;14-,17+;;/m00../s1. The number of amides is 5. The third kappa shape index (κ3) is 42.7. The van der Waals surface area contributed by atoms with Gasteiger partial charge >= 0.3 is 30.1 Å². The largest absolute Gasteiger partial charge is 0.480 e. The molecular formula is C75H113N5O13. The molecule has 0 aromatic heterocycles. The molecule has 4 aromatic carbocycles. The molecule has 0 saturated heterocycles. The van der Waals surface area contributed by atoms with Gasteiger partial charge in [-0.3, -0.25) is 24.0 Å². The highest BCUT2D eigenvalue weighted by molar-refractivity contribution is 5.88. The molecule has 0 spiro atoms. The van der Waals surface area contributed by atoms with Crippen LogP contribution in [0.4, 0.5) is 9.59 Å². The lowest BCUT2D eigenvalue weighted by Gasteiger charge is -2.24. The summed E-state index contributed by atoms with van der Waals surface area (Å²) in [6.45, 7) is 32.9. The summed E-state index contributed by atoms with van der Waals surface area (Å²) in [5.74, 6) is -2.29. The van der Waals surface area contributed by atoms with E-state index in [0.717, 1.165) is 60.8 Å². The number of carbonyl (C=O) groups excluding carboxylic acids is 7. The van der Waals surface area contributed by atoms with Crippen molar-refractivity contribution < 1.29 is 62.4 Å². The Bertz CT molecular complexity index is 2810. The Hall–Kier alpha value is -8.02. The van der Waals surface area contributed by atoms with Crippen molar-refractivity contribution in [3.8, 4) is 0 Å². The highest BCUT2D eigenvalue weighted by Crippen LogP contribution is 2.20. The second kappa shape index (κ2) is 46.1. The Morgan fingerprint density at radius 3 is 1.17 bits per heavy atom. The van der Waals surface area contributed by atoms with Gasteiger partial charge in [-0.1, -0.05) is 188 Å². The van der Waals surface area contributed by atoms with Crippen molar-refractivity contribution >= 4 is 47.8 Å². The Labute approximate surface area is 556 Å². The van der Waals surface area contributed by atoms with Crippen molar-refractivity contribution in [3.05, 3.63) is 155 Å². The second-order valence-corrected chi connectivity index (χ2v) is 26.5. The average Bonchev–Trinajstić information content (AvgIpc) is 1.03. The minimum absolute atomic E-state index is 0.0784. The quantitative estimate of drug-likeness (QED) is 0.0112. The summed E-state index contributed by atoms with van der Waals surface area (Å²) in [6, 6.07) is 32.9. The number of allylic oxidation sites excluding steroid dienone is 1. The molecule has 4 atom stereocenters. The topological polar surface area (TPSA) is 254 Å². The van der Waals surface area contributed by atoms with Gasteiger partial charge in [0.2, 0.25) is 17.7 Å². The SMILES string of the molecule is C=C(C)C.CC(C)Cc1ccc([C@H](C)C(=O)NC[C@@H](NC(=O)OC(C)(C)C)C(=O)NCCCCCCC(=O)OCc2ccccc2)cc1.CC(C)Cc1ccc([C@H](C)C(=O)NC[C@@H](NC(=O)OC(C)(C)C)C(=O)O)cc1.CCCCCCCC(=O)OCc1ccccc1. The lowest BCUT2D eigenvalue weighted by molar-refractivity contribution is -0.146. The van der Waals surface area contributed by atoms with Gasteiger partial charge in [-0.2, -0.15) is 0 Å². The van der Waals surface area contributed by atoms with E-state index in [-0.39, 0.29) is 43.4 Å². The summed E-state index contributed by atoms with van der Waals surface area (Å²) in [7, 11) is 0. The number of benzene rings is 4. The molecular weight excluding hydrogens is 1180 g/mol. The van der Waals surface area contributed by atoms with Crippen LogP contribution in [-0.4, -0.2) is 95.8 Å². The van der Waals surface area contributed by atoms with Gasteiger partial charge < -0.3 is 50.6 Å². The summed E-state index contributed by atoms with van der Waals surface area (Å²) < 4.78 is 20.9. The number of ether oxygens (including phenoxy) is 4. The predicted octanol–water partition coefficient (Wildman–Crippen LogP) is 14.6. The first-order valence-corrected chi connectivity index (χ1v) is 33.0. The van der Waals surface area contributed by atoms with Crippen molar-refractivity contribution in [1.29, 1.82) is 0 Å². The van der Waals surface area contributed by atoms with Crippen LogP contribution in [0, 0.1) is 11.8 Å². The second-order valence-electron chi connectivity index (χ2n) is 26.5. The molecule has 516 valence electrons. The number of hydrogen-bond acceptors (Lipinski definition) is 12. The van der Waals surface area contributed by atoms with Crippen molar-refractivity contribution in [2.75, 3.05) is 19.6 Å². The molecule has 18 heteroatoms. The first-order valence-electron chi connectivity index (χ1n) is 33.0. The van der Waals surface area contributed by atoms with E-state index in [9.17, 15) is 43.5 Å². The van der Waals surface area contributed by atoms with Gasteiger partial charge in [-0.05, 0) is 147 Å². The van der Waals surface area contributed by atoms with Crippen LogP contribution in [0.2, 0.25) is 0 Å². The normalized spacial score (nSPS) is 12.2. The Morgan fingerprint density at radius 1 is 0.462 bits per heavy atom. The van der Waals surface area contributed by atoms with E-state index < -0.39 is 59.2 Å². The fourth-order valence-corrected chi connectivity index (χ4v) is 8.73. The third-order valence-corrected chi connectivity index (χ3v) is 13.6. The number of rotatable bonds is 33. The molecule has 0 unspecified atom stereocenters. The van der Waals surface area contributed by atoms with Gasteiger partial charge in [0, 0.05) is 32.5 Å². The molecule has 0 saturated carbocycles. The summed E-state index contributed by atoms with van der Waals surface area (Å²) in [5.41, 5.74) is 5.83.